The molecule has 1 amide bonds. The van der Waals surface area contributed by atoms with Crippen LogP contribution in [0.25, 0.3) is 0 Å². The molecular formula is C16H24N2O3. The van der Waals surface area contributed by atoms with E-state index in [4.69, 9.17) is 15.2 Å². The molecule has 2 rings (SSSR count). The maximum Gasteiger partial charge on any atom is 0.242 e. The molecule has 5 heteroatoms. The first-order chi connectivity index (χ1) is 10.1. The van der Waals surface area contributed by atoms with Gasteiger partial charge in [0.25, 0.3) is 0 Å². The molecule has 5 nitrogen and oxygen atoms in total. The number of methoxy groups -OCH3 is 1. The van der Waals surface area contributed by atoms with E-state index in [2.05, 4.69) is 5.32 Å². The van der Waals surface area contributed by atoms with E-state index in [1.54, 1.807) is 7.11 Å². The number of nitrogens with two attached hydrogens (primary N) is 1. The average Bonchev–Trinajstić information content (AvgIpc) is 3.02. The van der Waals surface area contributed by atoms with E-state index in [0.717, 1.165) is 30.8 Å². The van der Waals surface area contributed by atoms with Crippen LogP contribution < -0.4 is 15.8 Å². The van der Waals surface area contributed by atoms with Gasteiger partial charge in [-0.25, -0.2) is 0 Å². The van der Waals surface area contributed by atoms with Gasteiger partial charge in [0.15, 0.2) is 0 Å². The highest BCUT2D eigenvalue weighted by atomic mass is 16.5. The average molecular weight is 292 g/mol. The highest BCUT2D eigenvalue weighted by molar-refractivity contribution is 5.86. The van der Waals surface area contributed by atoms with Crippen molar-refractivity contribution in [2.24, 2.45) is 5.73 Å². The zero-order valence-corrected chi connectivity index (χ0v) is 12.7. The normalized spacial score (nSPS) is 21.0. The molecule has 1 fully saturated rings. The Kier molecular flexibility index (Phi) is 5.20. The number of primary amides is 1. The highest BCUT2D eigenvalue weighted by Crippen LogP contribution is 2.27. The van der Waals surface area contributed by atoms with Crippen molar-refractivity contribution in [2.75, 3.05) is 20.3 Å². The Labute approximate surface area is 125 Å². The number of amides is 1. The van der Waals surface area contributed by atoms with Gasteiger partial charge < -0.3 is 15.2 Å². The molecule has 21 heavy (non-hydrogen) atoms. The zero-order chi connectivity index (χ0) is 15.3. The van der Waals surface area contributed by atoms with E-state index >= 15 is 0 Å². The fourth-order valence-corrected chi connectivity index (χ4v) is 2.80. The molecule has 116 valence electrons. The number of carbonyl (C=O) groups excluding carboxylic acids is 1. The summed E-state index contributed by atoms with van der Waals surface area (Å²) in [6.07, 6.45) is 2.84. The van der Waals surface area contributed by atoms with Gasteiger partial charge in [0, 0.05) is 13.2 Å². The molecule has 0 spiro atoms. The Balaban J connectivity index is 2.19. The largest absolute Gasteiger partial charge is 0.497 e. The van der Waals surface area contributed by atoms with Gasteiger partial charge in [-0.2, -0.15) is 0 Å². The van der Waals surface area contributed by atoms with Crippen LogP contribution in [0.2, 0.25) is 0 Å². The van der Waals surface area contributed by atoms with Crippen molar-refractivity contribution >= 4 is 5.91 Å². The third-order valence-electron chi connectivity index (χ3n) is 4.19. The lowest BCUT2D eigenvalue weighted by Crippen LogP contribution is -2.54. The van der Waals surface area contributed by atoms with Crippen molar-refractivity contribution in [2.45, 2.75) is 37.8 Å². The second-order valence-corrected chi connectivity index (χ2v) is 5.37. The van der Waals surface area contributed by atoms with Gasteiger partial charge in [0.2, 0.25) is 5.91 Å². The molecule has 2 unspecified atom stereocenters. The van der Waals surface area contributed by atoms with Gasteiger partial charge in [0.05, 0.1) is 13.2 Å². The predicted molar refractivity (Wildman–Crippen MR) is 81.1 cm³/mol. The Morgan fingerprint density at radius 2 is 2.19 bits per heavy atom. The molecule has 3 N–H and O–H groups in total. The second kappa shape index (κ2) is 6.91. The first kappa shape index (κ1) is 15.8. The molecule has 0 radical (unpaired) electrons. The van der Waals surface area contributed by atoms with Gasteiger partial charge in [-0.15, -0.1) is 0 Å². The third kappa shape index (κ3) is 3.36. The summed E-state index contributed by atoms with van der Waals surface area (Å²) in [5.41, 5.74) is 5.69. The Hall–Kier alpha value is -1.59. The van der Waals surface area contributed by atoms with Crippen LogP contribution in [0, 0.1) is 0 Å². The van der Waals surface area contributed by atoms with E-state index in [9.17, 15) is 4.79 Å². The summed E-state index contributed by atoms with van der Waals surface area (Å²) in [6.45, 7) is 3.38. The van der Waals surface area contributed by atoms with Crippen LogP contribution in [-0.4, -0.2) is 32.3 Å². The molecule has 0 saturated carbocycles. The maximum absolute atomic E-state index is 12.1. The fourth-order valence-electron chi connectivity index (χ4n) is 2.80. The smallest absolute Gasteiger partial charge is 0.242 e. The Morgan fingerprint density at radius 3 is 2.67 bits per heavy atom. The minimum atomic E-state index is -0.863. The summed E-state index contributed by atoms with van der Waals surface area (Å²) in [7, 11) is 1.62. The standard InChI is InChI=1S/C16H24N2O3/c1-3-16(15(17)19,18-11-14-5-4-10-21-14)12-6-8-13(20-2)9-7-12/h6-9,14,18H,3-5,10-11H2,1-2H3,(H2,17,19). The summed E-state index contributed by atoms with van der Waals surface area (Å²) in [6, 6.07) is 7.46. The summed E-state index contributed by atoms with van der Waals surface area (Å²) in [5, 5.41) is 3.34. The van der Waals surface area contributed by atoms with Crippen molar-refractivity contribution in [3.05, 3.63) is 29.8 Å². The lowest BCUT2D eigenvalue weighted by Gasteiger charge is -2.32. The number of rotatable bonds is 7. The van der Waals surface area contributed by atoms with Crippen molar-refractivity contribution < 1.29 is 14.3 Å². The first-order valence-electron chi connectivity index (χ1n) is 7.43. The van der Waals surface area contributed by atoms with Gasteiger partial charge in [-0.1, -0.05) is 19.1 Å². The fraction of sp³-hybridized carbons (Fsp3) is 0.562. The predicted octanol–water partition coefficient (Wildman–Crippen LogP) is 1.55. The van der Waals surface area contributed by atoms with Gasteiger partial charge in [-0.05, 0) is 37.0 Å². The summed E-state index contributed by atoms with van der Waals surface area (Å²) < 4.78 is 10.8. The molecule has 0 aliphatic carbocycles. The second-order valence-electron chi connectivity index (χ2n) is 5.37. The van der Waals surface area contributed by atoms with Crippen LogP contribution in [-0.2, 0) is 15.1 Å². The van der Waals surface area contributed by atoms with Crippen molar-refractivity contribution in [3.63, 3.8) is 0 Å². The molecular weight excluding hydrogens is 268 g/mol. The Bertz CT molecular complexity index is 469. The van der Waals surface area contributed by atoms with Crippen LogP contribution in [0.15, 0.2) is 24.3 Å². The van der Waals surface area contributed by atoms with Crippen molar-refractivity contribution in [3.8, 4) is 5.75 Å². The molecule has 1 saturated heterocycles. The number of nitrogens with one attached hydrogen (secondary N) is 1. The topological polar surface area (TPSA) is 73.6 Å². The lowest BCUT2D eigenvalue weighted by atomic mass is 9.86. The summed E-state index contributed by atoms with van der Waals surface area (Å²) in [5.74, 6) is 0.389. The first-order valence-corrected chi connectivity index (χ1v) is 7.43. The zero-order valence-electron chi connectivity index (χ0n) is 12.7. The molecule has 0 bridgehead atoms. The molecule has 2 atom stereocenters. The van der Waals surface area contributed by atoms with E-state index in [-0.39, 0.29) is 12.0 Å². The summed E-state index contributed by atoms with van der Waals surface area (Å²) in [4.78, 5) is 12.1. The van der Waals surface area contributed by atoms with E-state index in [1.807, 2.05) is 31.2 Å². The van der Waals surface area contributed by atoms with E-state index in [0.29, 0.717) is 13.0 Å². The summed E-state index contributed by atoms with van der Waals surface area (Å²) >= 11 is 0. The number of hydrogen-bond acceptors (Lipinski definition) is 4. The molecule has 1 aromatic rings. The van der Waals surface area contributed by atoms with Gasteiger partial charge in [-0.3, -0.25) is 10.1 Å². The molecule has 1 aromatic carbocycles. The Morgan fingerprint density at radius 1 is 1.48 bits per heavy atom. The maximum atomic E-state index is 12.1. The van der Waals surface area contributed by atoms with Crippen LogP contribution in [0.4, 0.5) is 0 Å². The number of hydrogen-bond donors (Lipinski definition) is 2. The van der Waals surface area contributed by atoms with Gasteiger partial charge in [0.1, 0.15) is 11.3 Å². The van der Waals surface area contributed by atoms with E-state index in [1.165, 1.54) is 0 Å². The van der Waals surface area contributed by atoms with Crippen LogP contribution >= 0.6 is 0 Å². The molecule has 1 aliphatic heterocycles. The monoisotopic (exact) mass is 292 g/mol. The quantitative estimate of drug-likeness (QED) is 0.800. The molecule has 1 aliphatic rings. The van der Waals surface area contributed by atoms with Crippen LogP contribution in [0.1, 0.15) is 31.7 Å². The molecule has 0 aromatic heterocycles. The minimum Gasteiger partial charge on any atom is -0.497 e. The highest BCUT2D eigenvalue weighted by Gasteiger charge is 2.37. The van der Waals surface area contributed by atoms with Crippen LogP contribution in [0.5, 0.6) is 5.75 Å². The number of benzene rings is 1. The van der Waals surface area contributed by atoms with Crippen molar-refractivity contribution in [1.29, 1.82) is 0 Å². The van der Waals surface area contributed by atoms with Crippen molar-refractivity contribution in [1.82, 2.24) is 5.32 Å². The minimum absolute atomic E-state index is 0.161. The lowest BCUT2D eigenvalue weighted by molar-refractivity contribution is -0.125. The van der Waals surface area contributed by atoms with Gasteiger partial charge >= 0.3 is 0 Å². The third-order valence-corrected chi connectivity index (χ3v) is 4.19. The SMILES string of the molecule is CCC(NCC1CCCO1)(C(N)=O)c1ccc(OC)cc1. The van der Waals surface area contributed by atoms with Crippen LogP contribution in [0.3, 0.4) is 0 Å². The molecule has 1 heterocycles. The number of carbonyl (C=O) groups is 1. The number of ether oxygens (including phenoxy) is 2. The van der Waals surface area contributed by atoms with E-state index < -0.39 is 5.54 Å².